The first-order valence-electron chi connectivity index (χ1n) is 5.65. The Labute approximate surface area is 119 Å². The normalized spacial score (nSPS) is 13.1. The van der Waals surface area contributed by atoms with Gasteiger partial charge in [0.2, 0.25) is 10.0 Å². The SMILES string of the molecule is C/C(=C\C(=O)C(F)(F)F)NCc1ccc(S(N)(=O)=O)cc1. The molecule has 5 nitrogen and oxygen atoms in total. The standard InChI is InChI=1S/C12H13F3N2O3S/c1-8(6-11(18)12(13,14)15)17-7-9-2-4-10(5-3-9)21(16,19)20/h2-6,17H,7H2,1H3,(H2,16,19,20)/b8-6+. The highest BCUT2D eigenvalue weighted by Gasteiger charge is 2.36. The van der Waals surface area contributed by atoms with Crippen LogP contribution in [-0.4, -0.2) is 20.4 Å². The van der Waals surface area contributed by atoms with Crippen LogP contribution in [0.15, 0.2) is 40.9 Å². The van der Waals surface area contributed by atoms with Crippen molar-refractivity contribution < 1.29 is 26.4 Å². The first-order chi connectivity index (χ1) is 9.50. The summed E-state index contributed by atoms with van der Waals surface area (Å²) < 4.78 is 58.2. The van der Waals surface area contributed by atoms with Gasteiger partial charge in [0, 0.05) is 18.3 Å². The van der Waals surface area contributed by atoms with E-state index < -0.39 is 22.0 Å². The number of carbonyl (C=O) groups is 1. The number of sulfonamides is 1. The molecule has 0 aliphatic heterocycles. The molecule has 1 aromatic carbocycles. The Bertz CT molecular complexity index is 649. The molecule has 1 rings (SSSR count). The number of primary sulfonamides is 1. The minimum atomic E-state index is -4.90. The number of hydrogen-bond acceptors (Lipinski definition) is 4. The Morgan fingerprint density at radius 1 is 1.29 bits per heavy atom. The number of alkyl halides is 3. The lowest BCUT2D eigenvalue weighted by Gasteiger charge is -2.08. The third kappa shape index (κ3) is 5.56. The first kappa shape index (κ1) is 17.2. The fourth-order valence-electron chi connectivity index (χ4n) is 1.37. The number of benzene rings is 1. The van der Waals surface area contributed by atoms with E-state index >= 15 is 0 Å². The quantitative estimate of drug-likeness (QED) is 0.803. The lowest BCUT2D eigenvalue weighted by Crippen LogP contribution is -2.22. The van der Waals surface area contributed by atoms with Gasteiger partial charge in [-0.3, -0.25) is 4.79 Å². The van der Waals surface area contributed by atoms with Crippen molar-refractivity contribution in [2.24, 2.45) is 5.14 Å². The van der Waals surface area contributed by atoms with Gasteiger partial charge >= 0.3 is 6.18 Å². The second kappa shape index (κ2) is 6.27. The minimum absolute atomic E-state index is 0.0489. The summed E-state index contributed by atoms with van der Waals surface area (Å²) in [4.78, 5) is 10.7. The predicted octanol–water partition coefficient (Wildman–Crippen LogP) is 1.46. The van der Waals surface area contributed by atoms with Gasteiger partial charge in [-0.25, -0.2) is 13.6 Å². The van der Waals surface area contributed by atoms with E-state index in [1.54, 1.807) is 0 Å². The molecule has 0 bridgehead atoms. The zero-order valence-corrected chi connectivity index (χ0v) is 11.8. The van der Waals surface area contributed by atoms with Crippen LogP contribution in [0.1, 0.15) is 12.5 Å². The molecule has 116 valence electrons. The topological polar surface area (TPSA) is 89.3 Å². The summed E-state index contributed by atoms with van der Waals surface area (Å²) in [5, 5.41) is 7.55. The molecule has 0 spiro atoms. The molecular formula is C12H13F3N2O3S. The molecule has 0 fully saturated rings. The van der Waals surface area contributed by atoms with E-state index in [4.69, 9.17) is 5.14 Å². The molecule has 0 aromatic heterocycles. The van der Waals surface area contributed by atoms with E-state index in [0.717, 1.165) is 0 Å². The molecular weight excluding hydrogens is 309 g/mol. The molecule has 9 heteroatoms. The third-order valence-electron chi connectivity index (χ3n) is 2.45. The van der Waals surface area contributed by atoms with Crippen LogP contribution in [0, 0.1) is 0 Å². The largest absolute Gasteiger partial charge is 0.454 e. The molecule has 0 radical (unpaired) electrons. The van der Waals surface area contributed by atoms with Crippen molar-refractivity contribution in [3.8, 4) is 0 Å². The van der Waals surface area contributed by atoms with Gasteiger partial charge in [0.05, 0.1) is 4.90 Å². The number of nitrogens with two attached hydrogens (primary N) is 1. The van der Waals surface area contributed by atoms with Crippen molar-refractivity contribution in [3.63, 3.8) is 0 Å². The number of allylic oxidation sites excluding steroid dienone is 2. The van der Waals surface area contributed by atoms with E-state index in [1.165, 1.54) is 31.2 Å². The molecule has 0 aliphatic carbocycles. The summed E-state index contributed by atoms with van der Waals surface area (Å²) in [6.45, 7) is 1.46. The van der Waals surface area contributed by atoms with Crippen LogP contribution in [0.3, 0.4) is 0 Å². The average Bonchev–Trinajstić information content (AvgIpc) is 2.34. The van der Waals surface area contributed by atoms with Gasteiger partial charge in [0.1, 0.15) is 0 Å². The molecule has 1 aromatic rings. The van der Waals surface area contributed by atoms with Crippen LogP contribution < -0.4 is 10.5 Å². The zero-order chi connectivity index (χ0) is 16.3. The highest BCUT2D eigenvalue weighted by atomic mass is 32.2. The van der Waals surface area contributed by atoms with Gasteiger partial charge in [0.25, 0.3) is 5.78 Å². The number of rotatable bonds is 5. The fraction of sp³-hybridized carbons (Fsp3) is 0.250. The van der Waals surface area contributed by atoms with Crippen LogP contribution in [0.5, 0.6) is 0 Å². The van der Waals surface area contributed by atoms with Crippen molar-refractivity contribution >= 4 is 15.8 Å². The fourth-order valence-corrected chi connectivity index (χ4v) is 1.88. The van der Waals surface area contributed by atoms with Crippen LogP contribution in [-0.2, 0) is 21.4 Å². The molecule has 0 saturated carbocycles. The van der Waals surface area contributed by atoms with Gasteiger partial charge in [0.15, 0.2) is 0 Å². The maximum Gasteiger partial charge on any atom is 0.454 e. The monoisotopic (exact) mass is 322 g/mol. The number of carbonyl (C=O) groups excluding carboxylic acids is 1. The predicted molar refractivity (Wildman–Crippen MR) is 69.5 cm³/mol. The van der Waals surface area contributed by atoms with E-state index in [0.29, 0.717) is 11.6 Å². The summed E-state index contributed by atoms with van der Waals surface area (Å²) in [5.74, 6) is -1.95. The second-order valence-electron chi connectivity index (χ2n) is 4.23. The zero-order valence-electron chi connectivity index (χ0n) is 10.9. The first-order valence-corrected chi connectivity index (χ1v) is 7.20. The van der Waals surface area contributed by atoms with Gasteiger partial charge in [-0.2, -0.15) is 13.2 Å². The lowest BCUT2D eigenvalue weighted by molar-refractivity contribution is -0.165. The van der Waals surface area contributed by atoms with Gasteiger partial charge in [-0.15, -0.1) is 0 Å². The van der Waals surface area contributed by atoms with Crippen molar-refractivity contribution in [2.45, 2.75) is 24.5 Å². The van der Waals surface area contributed by atoms with Gasteiger partial charge < -0.3 is 5.32 Å². The summed E-state index contributed by atoms with van der Waals surface area (Å²) in [5.41, 5.74) is 0.669. The van der Waals surface area contributed by atoms with Crippen molar-refractivity contribution in [1.82, 2.24) is 5.32 Å². The van der Waals surface area contributed by atoms with Crippen molar-refractivity contribution in [1.29, 1.82) is 0 Å². The molecule has 21 heavy (non-hydrogen) atoms. The van der Waals surface area contributed by atoms with E-state index in [1.807, 2.05) is 0 Å². The number of hydrogen-bond donors (Lipinski definition) is 2. The maximum atomic E-state index is 12.0. The molecule has 0 heterocycles. The molecule has 0 amide bonds. The maximum absolute atomic E-state index is 12.0. The Hall–Kier alpha value is -1.87. The van der Waals surface area contributed by atoms with Crippen LogP contribution >= 0.6 is 0 Å². The smallest absolute Gasteiger partial charge is 0.384 e. The Balaban J connectivity index is 2.68. The molecule has 0 atom stereocenters. The highest BCUT2D eigenvalue weighted by molar-refractivity contribution is 7.89. The molecule has 0 unspecified atom stereocenters. The lowest BCUT2D eigenvalue weighted by atomic mass is 10.2. The van der Waals surface area contributed by atoms with Crippen molar-refractivity contribution in [3.05, 3.63) is 41.6 Å². The van der Waals surface area contributed by atoms with Crippen LogP contribution in [0.2, 0.25) is 0 Å². The van der Waals surface area contributed by atoms with Crippen LogP contribution in [0.4, 0.5) is 13.2 Å². The summed E-state index contributed by atoms with van der Waals surface area (Å²) >= 11 is 0. The number of ketones is 1. The Morgan fingerprint density at radius 2 is 1.81 bits per heavy atom. The van der Waals surface area contributed by atoms with E-state index in [2.05, 4.69) is 5.32 Å². The van der Waals surface area contributed by atoms with Gasteiger partial charge in [-0.05, 0) is 24.6 Å². The van der Waals surface area contributed by atoms with Crippen LogP contribution in [0.25, 0.3) is 0 Å². The Kier molecular flexibility index (Phi) is 5.13. The average molecular weight is 322 g/mol. The third-order valence-corrected chi connectivity index (χ3v) is 3.38. The minimum Gasteiger partial charge on any atom is -0.384 e. The van der Waals surface area contributed by atoms with Crippen molar-refractivity contribution in [2.75, 3.05) is 0 Å². The summed E-state index contributed by atoms with van der Waals surface area (Å²) in [6.07, 6.45) is -4.45. The molecule has 3 N–H and O–H groups in total. The van der Waals surface area contributed by atoms with Gasteiger partial charge in [-0.1, -0.05) is 12.1 Å². The Morgan fingerprint density at radius 3 is 2.24 bits per heavy atom. The number of nitrogens with one attached hydrogen (secondary N) is 1. The summed E-state index contributed by atoms with van der Waals surface area (Å²) in [7, 11) is -3.78. The van der Waals surface area contributed by atoms with E-state index in [-0.39, 0.29) is 17.1 Å². The molecule has 0 saturated heterocycles. The summed E-state index contributed by atoms with van der Waals surface area (Å²) in [6, 6.07) is 5.50. The molecule has 0 aliphatic rings. The second-order valence-corrected chi connectivity index (χ2v) is 5.79. The highest BCUT2D eigenvalue weighted by Crippen LogP contribution is 2.17. The number of halogens is 3. The van der Waals surface area contributed by atoms with E-state index in [9.17, 15) is 26.4 Å².